The van der Waals surface area contributed by atoms with Gasteiger partial charge in [-0.3, -0.25) is 9.59 Å². The number of hydrogen-bond donors (Lipinski definition) is 1. The largest absolute Gasteiger partial charge is 0.481 e. The van der Waals surface area contributed by atoms with Crippen LogP contribution in [0.15, 0.2) is 6.07 Å². The highest BCUT2D eigenvalue weighted by Crippen LogP contribution is 2.31. The predicted octanol–water partition coefficient (Wildman–Crippen LogP) is 2.56. The van der Waals surface area contributed by atoms with E-state index in [1.807, 2.05) is 6.07 Å². The van der Waals surface area contributed by atoms with Gasteiger partial charge in [-0.2, -0.15) is 0 Å². The summed E-state index contributed by atoms with van der Waals surface area (Å²) in [5.41, 5.74) is 1.33. The normalized spacial score (nSPS) is 22.4. The summed E-state index contributed by atoms with van der Waals surface area (Å²) in [5.74, 6) is -1.16. The van der Waals surface area contributed by atoms with Crippen molar-refractivity contribution in [2.75, 3.05) is 13.1 Å². The summed E-state index contributed by atoms with van der Waals surface area (Å²) in [6.45, 7) is 1.04. The van der Waals surface area contributed by atoms with Crippen molar-refractivity contribution in [3.63, 3.8) is 0 Å². The van der Waals surface area contributed by atoms with Gasteiger partial charge in [0.15, 0.2) is 0 Å². The fourth-order valence-electron chi connectivity index (χ4n) is 3.12. The third-order valence-corrected chi connectivity index (χ3v) is 5.49. The van der Waals surface area contributed by atoms with Crippen LogP contribution in [0.4, 0.5) is 0 Å². The zero-order valence-electron chi connectivity index (χ0n) is 11.4. The topological polar surface area (TPSA) is 57.6 Å². The molecule has 0 radical (unpaired) electrons. The number of likely N-dealkylation sites (tertiary alicyclic amines) is 1. The highest BCUT2D eigenvalue weighted by Gasteiger charge is 2.29. The Kier molecular flexibility index (Phi) is 3.78. The van der Waals surface area contributed by atoms with Gasteiger partial charge in [-0.15, -0.1) is 11.3 Å². The van der Waals surface area contributed by atoms with Crippen LogP contribution in [0.5, 0.6) is 0 Å². The Labute approximate surface area is 122 Å². The number of carboxylic acids is 1. The highest BCUT2D eigenvalue weighted by atomic mass is 32.1. The Balaban J connectivity index is 1.75. The van der Waals surface area contributed by atoms with Crippen LogP contribution in [-0.2, 0) is 17.6 Å². The van der Waals surface area contributed by atoms with E-state index in [1.54, 1.807) is 16.2 Å². The zero-order chi connectivity index (χ0) is 14.1. The second kappa shape index (κ2) is 5.56. The number of fused-ring (bicyclic) bond motifs is 1. The number of thiophene rings is 1. The van der Waals surface area contributed by atoms with Gasteiger partial charge in [0, 0.05) is 18.0 Å². The smallest absolute Gasteiger partial charge is 0.308 e. The van der Waals surface area contributed by atoms with Gasteiger partial charge in [0.2, 0.25) is 0 Å². The van der Waals surface area contributed by atoms with Gasteiger partial charge in [-0.1, -0.05) is 0 Å². The maximum Gasteiger partial charge on any atom is 0.308 e. The van der Waals surface area contributed by atoms with Crippen LogP contribution in [0.3, 0.4) is 0 Å². The average Bonchev–Trinajstić information content (AvgIpc) is 2.90. The molecule has 0 bridgehead atoms. The van der Waals surface area contributed by atoms with Crippen molar-refractivity contribution in [3.8, 4) is 0 Å². The van der Waals surface area contributed by atoms with Crippen LogP contribution < -0.4 is 0 Å². The molecular weight excluding hydrogens is 274 g/mol. The fraction of sp³-hybridized carbons (Fsp3) is 0.600. The third kappa shape index (κ3) is 2.59. The maximum atomic E-state index is 12.5. The third-order valence-electron chi connectivity index (χ3n) is 4.27. The molecule has 1 aromatic heterocycles. The minimum atomic E-state index is -0.784. The summed E-state index contributed by atoms with van der Waals surface area (Å²) < 4.78 is 0. The first-order valence-corrected chi connectivity index (χ1v) is 8.10. The summed E-state index contributed by atoms with van der Waals surface area (Å²) in [5, 5.41) is 9.11. The van der Waals surface area contributed by atoms with Gasteiger partial charge >= 0.3 is 5.97 Å². The van der Waals surface area contributed by atoms with E-state index in [2.05, 4.69) is 0 Å². The molecule has 108 valence electrons. The molecule has 0 aromatic carbocycles. The number of nitrogens with zero attached hydrogens (tertiary/aromatic N) is 1. The van der Waals surface area contributed by atoms with Gasteiger partial charge in [-0.25, -0.2) is 0 Å². The van der Waals surface area contributed by atoms with Crippen molar-refractivity contribution < 1.29 is 14.7 Å². The van der Waals surface area contributed by atoms with Crippen LogP contribution in [0.25, 0.3) is 0 Å². The first-order chi connectivity index (χ1) is 9.65. The predicted molar refractivity (Wildman–Crippen MR) is 77.2 cm³/mol. The fourth-order valence-corrected chi connectivity index (χ4v) is 4.34. The number of hydrogen-bond acceptors (Lipinski definition) is 3. The monoisotopic (exact) mass is 293 g/mol. The molecule has 20 heavy (non-hydrogen) atoms. The number of rotatable bonds is 2. The Morgan fingerprint density at radius 2 is 2.05 bits per heavy atom. The van der Waals surface area contributed by atoms with Crippen LogP contribution in [0.1, 0.15) is 45.8 Å². The van der Waals surface area contributed by atoms with E-state index in [-0.39, 0.29) is 5.91 Å². The Morgan fingerprint density at radius 1 is 1.25 bits per heavy atom. The van der Waals surface area contributed by atoms with Crippen molar-refractivity contribution in [2.45, 2.75) is 38.5 Å². The minimum absolute atomic E-state index is 0.0235. The molecule has 5 heteroatoms. The molecule has 1 aromatic rings. The Hall–Kier alpha value is -1.36. The van der Waals surface area contributed by atoms with Crippen LogP contribution >= 0.6 is 11.3 Å². The first-order valence-electron chi connectivity index (χ1n) is 7.29. The number of amides is 1. The summed E-state index contributed by atoms with van der Waals surface area (Å²) in [6, 6.07) is 2.03. The van der Waals surface area contributed by atoms with Gasteiger partial charge in [0.1, 0.15) is 0 Å². The quantitative estimate of drug-likeness (QED) is 0.911. The van der Waals surface area contributed by atoms with E-state index >= 15 is 0 Å². The summed E-state index contributed by atoms with van der Waals surface area (Å²) in [4.78, 5) is 27.5. The molecule has 1 atom stereocenters. The molecule has 1 aliphatic carbocycles. The van der Waals surface area contributed by atoms with E-state index < -0.39 is 11.9 Å². The number of aryl methyl sites for hydroxylation is 2. The van der Waals surface area contributed by atoms with E-state index in [1.165, 1.54) is 23.3 Å². The zero-order valence-corrected chi connectivity index (χ0v) is 12.2. The lowest BCUT2D eigenvalue weighted by molar-refractivity contribution is -0.143. The number of piperidine rings is 1. The van der Waals surface area contributed by atoms with Crippen molar-refractivity contribution in [1.29, 1.82) is 0 Å². The molecule has 2 aliphatic rings. The second-order valence-corrected chi connectivity index (χ2v) is 6.83. The SMILES string of the molecule is O=C(O)C1CCCN(C(=O)c2cc3c(s2)CCCC3)C1. The lowest BCUT2D eigenvalue weighted by Gasteiger charge is -2.30. The molecule has 0 saturated carbocycles. The molecule has 2 heterocycles. The number of carboxylic acid groups (broad SMARTS) is 1. The summed E-state index contributed by atoms with van der Waals surface area (Å²) >= 11 is 1.61. The van der Waals surface area contributed by atoms with Crippen molar-refractivity contribution in [3.05, 3.63) is 21.4 Å². The molecule has 0 spiro atoms. The Morgan fingerprint density at radius 3 is 2.80 bits per heavy atom. The Bertz CT molecular complexity index is 514. The molecular formula is C15H19NO3S. The van der Waals surface area contributed by atoms with E-state index in [4.69, 9.17) is 5.11 Å². The second-order valence-electron chi connectivity index (χ2n) is 5.69. The van der Waals surface area contributed by atoms with E-state index in [9.17, 15) is 9.59 Å². The van der Waals surface area contributed by atoms with Gasteiger partial charge in [-0.05, 0) is 50.2 Å². The number of carbonyl (C=O) groups excluding carboxylic acids is 1. The first kappa shape index (κ1) is 13.6. The molecule has 3 rings (SSSR count). The molecule has 1 N–H and O–H groups in total. The number of aliphatic carboxylic acids is 1. The number of carbonyl (C=O) groups is 2. The molecule has 1 aliphatic heterocycles. The standard InChI is InChI=1S/C15H19NO3S/c17-14(16-7-3-5-11(9-16)15(18)19)13-8-10-4-1-2-6-12(10)20-13/h8,11H,1-7,9H2,(H,18,19). The van der Waals surface area contributed by atoms with Gasteiger partial charge < -0.3 is 10.0 Å². The van der Waals surface area contributed by atoms with Crippen LogP contribution in [0.2, 0.25) is 0 Å². The van der Waals surface area contributed by atoms with Crippen LogP contribution in [0, 0.1) is 5.92 Å². The maximum absolute atomic E-state index is 12.5. The van der Waals surface area contributed by atoms with Gasteiger partial charge in [0.05, 0.1) is 10.8 Å². The molecule has 1 saturated heterocycles. The highest BCUT2D eigenvalue weighted by molar-refractivity contribution is 7.14. The summed E-state index contributed by atoms with van der Waals surface area (Å²) in [7, 11) is 0. The molecule has 1 amide bonds. The lowest BCUT2D eigenvalue weighted by atomic mass is 9.97. The van der Waals surface area contributed by atoms with Crippen molar-refractivity contribution >= 4 is 23.2 Å². The summed E-state index contributed by atoms with van der Waals surface area (Å²) in [6.07, 6.45) is 6.06. The van der Waals surface area contributed by atoms with Crippen LogP contribution in [-0.4, -0.2) is 35.0 Å². The van der Waals surface area contributed by atoms with Gasteiger partial charge in [0.25, 0.3) is 5.91 Å². The minimum Gasteiger partial charge on any atom is -0.481 e. The van der Waals surface area contributed by atoms with E-state index in [0.29, 0.717) is 19.5 Å². The molecule has 4 nitrogen and oxygen atoms in total. The molecule has 1 unspecified atom stereocenters. The lowest BCUT2D eigenvalue weighted by Crippen LogP contribution is -2.42. The average molecular weight is 293 g/mol. The van der Waals surface area contributed by atoms with E-state index in [0.717, 1.165) is 24.1 Å². The molecule has 1 fully saturated rings. The van der Waals surface area contributed by atoms with Crippen molar-refractivity contribution in [2.24, 2.45) is 5.92 Å². The van der Waals surface area contributed by atoms with Crippen molar-refractivity contribution in [1.82, 2.24) is 4.90 Å².